The maximum atomic E-state index is 12.2. The summed E-state index contributed by atoms with van der Waals surface area (Å²) in [5.74, 6) is 0.650. The third-order valence-corrected chi connectivity index (χ3v) is 5.62. The van der Waals surface area contributed by atoms with Crippen molar-refractivity contribution in [2.75, 3.05) is 26.2 Å². The number of H-pyrrole nitrogens is 1. The molecule has 24 heavy (non-hydrogen) atoms. The molecule has 128 valence electrons. The number of carbonyl (C=O) groups is 1. The number of hydrogen-bond acceptors (Lipinski definition) is 2. The van der Waals surface area contributed by atoms with Gasteiger partial charge in [0.2, 0.25) is 0 Å². The zero-order valence-electron chi connectivity index (χ0n) is 13.6. The summed E-state index contributed by atoms with van der Waals surface area (Å²) in [6, 6.07) is 6.08. The van der Waals surface area contributed by atoms with Crippen molar-refractivity contribution < 1.29 is 4.79 Å². The molecule has 3 fully saturated rings. The van der Waals surface area contributed by atoms with Crippen LogP contribution in [0.5, 0.6) is 0 Å². The molecule has 1 aromatic carbocycles. The summed E-state index contributed by atoms with van der Waals surface area (Å²) < 4.78 is 0. The van der Waals surface area contributed by atoms with Gasteiger partial charge in [-0.25, -0.2) is 4.79 Å². The number of rotatable bonds is 4. The number of urea groups is 1. The number of amides is 2. The monoisotopic (exact) mass is 346 g/mol. The molecule has 6 heteroatoms. The van der Waals surface area contributed by atoms with E-state index in [-0.39, 0.29) is 6.03 Å². The number of fused-ring (bicyclic) bond motifs is 4. The number of piperidine rings is 3. The van der Waals surface area contributed by atoms with Gasteiger partial charge in [0, 0.05) is 41.3 Å². The molecule has 4 heterocycles. The molecule has 3 aliphatic heterocycles. The number of aromatic amines is 1. The van der Waals surface area contributed by atoms with Crippen LogP contribution in [0.3, 0.4) is 0 Å². The van der Waals surface area contributed by atoms with Crippen molar-refractivity contribution in [1.29, 1.82) is 0 Å². The van der Waals surface area contributed by atoms with Crippen molar-refractivity contribution in [2.24, 2.45) is 5.92 Å². The topological polar surface area (TPSA) is 60.2 Å². The molecule has 5 nitrogen and oxygen atoms in total. The number of halogens is 1. The minimum Gasteiger partial charge on any atom is -0.361 e. The predicted molar refractivity (Wildman–Crippen MR) is 96.5 cm³/mol. The molecule has 2 bridgehead atoms. The van der Waals surface area contributed by atoms with Gasteiger partial charge in [0.25, 0.3) is 0 Å². The number of nitrogens with zero attached hydrogens (tertiary/aromatic N) is 1. The molecule has 3 saturated heterocycles. The Morgan fingerprint density at radius 1 is 1.33 bits per heavy atom. The molecular weight excluding hydrogens is 324 g/mol. The summed E-state index contributed by atoms with van der Waals surface area (Å²) in [5, 5.41) is 8.01. The van der Waals surface area contributed by atoms with Crippen molar-refractivity contribution >= 4 is 28.5 Å². The maximum absolute atomic E-state index is 12.2. The zero-order chi connectivity index (χ0) is 16.5. The number of benzene rings is 1. The lowest BCUT2D eigenvalue weighted by Crippen LogP contribution is -2.58. The third-order valence-electron chi connectivity index (χ3n) is 5.38. The third kappa shape index (κ3) is 3.23. The fraction of sp³-hybridized carbons (Fsp3) is 0.500. The Bertz CT molecular complexity index is 736. The van der Waals surface area contributed by atoms with Gasteiger partial charge < -0.3 is 20.5 Å². The molecule has 2 aromatic rings. The van der Waals surface area contributed by atoms with Crippen molar-refractivity contribution in [3.8, 4) is 0 Å². The fourth-order valence-electron chi connectivity index (χ4n) is 4.02. The normalized spacial score (nSPS) is 25.8. The van der Waals surface area contributed by atoms with Crippen LogP contribution in [-0.4, -0.2) is 48.1 Å². The van der Waals surface area contributed by atoms with Gasteiger partial charge in [0.15, 0.2) is 0 Å². The Balaban J connectivity index is 1.29. The predicted octanol–water partition coefficient (Wildman–Crippen LogP) is 2.76. The molecule has 2 amide bonds. The molecular formula is C18H23ClN4O. The van der Waals surface area contributed by atoms with Gasteiger partial charge in [-0.15, -0.1) is 0 Å². The van der Waals surface area contributed by atoms with E-state index in [0.717, 1.165) is 28.9 Å². The van der Waals surface area contributed by atoms with Crippen molar-refractivity contribution in [3.05, 3.63) is 35.0 Å². The summed E-state index contributed by atoms with van der Waals surface area (Å²) in [6.45, 7) is 3.99. The highest BCUT2D eigenvalue weighted by atomic mass is 35.5. The first-order chi connectivity index (χ1) is 11.7. The van der Waals surface area contributed by atoms with Crippen molar-refractivity contribution in [2.45, 2.75) is 25.3 Å². The molecule has 0 unspecified atom stereocenters. The second-order valence-electron chi connectivity index (χ2n) is 6.90. The highest BCUT2D eigenvalue weighted by Crippen LogP contribution is 2.27. The number of aromatic nitrogens is 1. The van der Waals surface area contributed by atoms with Gasteiger partial charge in [0.05, 0.1) is 0 Å². The van der Waals surface area contributed by atoms with E-state index < -0.39 is 0 Å². The van der Waals surface area contributed by atoms with Gasteiger partial charge >= 0.3 is 6.03 Å². The second kappa shape index (κ2) is 6.65. The SMILES string of the molecule is O=C(NCCc1c[nH]c2ccc(Cl)cc12)N[C@H]1CN2CCC1CC2. The highest BCUT2D eigenvalue weighted by Gasteiger charge is 2.34. The van der Waals surface area contributed by atoms with Gasteiger partial charge in [0.1, 0.15) is 0 Å². The molecule has 0 aliphatic carbocycles. The summed E-state index contributed by atoms with van der Waals surface area (Å²) in [7, 11) is 0. The molecule has 0 radical (unpaired) electrons. The van der Waals surface area contributed by atoms with E-state index in [1.54, 1.807) is 0 Å². The Morgan fingerprint density at radius 2 is 2.17 bits per heavy atom. The zero-order valence-corrected chi connectivity index (χ0v) is 14.4. The first-order valence-corrected chi connectivity index (χ1v) is 9.09. The average molecular weight is 347 g/mol. The van der Waals surface area contributed by atoms with Gasteiger partial charge in [-0.3, -0.25) is 0 Å². The molecule has 3 aliphatic rings. The summed E-state index contributed by atoms with van der Waals surface area (Å²) in [4.78, 5) is 17.9. The van der Waals surface area contributed by atoms with Crippen LogP contribution >= 0.6 is 11.6 Å². The largest absolute Gasteiger partial charge is 0.361 e. The molecule has 1 aromatic heterocycles. The molecule has 3 N–H and O–H groups in total. The van der Waals surface area contributed by atoms with Crippen molar-refractivity contribution in [3.63, 3.8) is 0 Å². The Labute approximate surface area is 146 Å². The van der Waals surface area contributed by atoms with Crippen LogP contribution in [0.1, 0.15) is 18.4 Å². The van der Waals surface area contributed by atoms with E-state index >= 15 is 0 Å². The Hall–Kier alpha value is -1.72. The van der Waals surface area contributed by atoms with Crippen LogP contribution < -0.4 is 10.6 Å². The second-order valence-corrected chi connectivity index (χ2v) is 7.34. The standard InChI is InChI=1S/C18H23ClN4O/c19-14-1-2-16-15(9-14)13(10-21-16)3-6-20-18(24)22-17-11-23-7-4-12(17)5-8-23/h1-2,9-10,12,17,21H,3-8,11H2,(H2,20,22,24)/t17-/m0/s1. The van der Waals surface area contributed by atoms with Crippen LogP contribution in [0.2, 0.25) is 5.02 Å². The van der Waals surface area contributed by atoms with Crippen LogP contribution in [0.15, 0.2) is 24.4 Å². The van der Waals surface area contributed by atoms with Gasteiger partial charge in [-0.1, -0.05) is 11.6 Å². The number of nitrogens with one attached hydrogen (secondary N) is 3. The minimum absolute atomic E-state index is 0.0494. The number of carbonyl (C=O) groups excluding carboxylic acids is 1. The first-order valence-electron chi connectivity index (χ1n) is 8.71. The first kappa shape index (κ1) is 15.8. The van der Waals surface area contributed by atoms with Gasteiger partial charge in [-0.05, 0) is 62.0 Å². The highest BCUT2D eigenvalue weighted by molar-refractivity contribution is 6.31. The number of hydrogen-bond donors (Lipinski definition) is 3. The average Bonchev–Trinajstić information content (AvgIpc) is 2.98. The van der Waals surface area contributed by atoms with E-state index in [4.69, 9.17) is 11.6 Å². The van der Waals surface area contributed by atoms with Crippen LogP contribution in [0, 0.1) is 5.92 Å². The Morgan fingerprint density at radius 3 is 2.92 bits per heavy atom. The lowest BCUT2D eigenvalue weighted by Gasteiger charge is -2.44. The summed E-state index contributed by atoms with van der Waals surface area (Å²) in [5.41, 5.74) is 2.25. The molecule has 0 saturated carbocycles. The molecule has 0 spiro atoms. The Kier molecular flexibility index (Phi) is 4.37. The summed E-state index contributed by atoms with van der Waals surface area (Å²) >= 11 is 6.07. The quantitative estimate of drug-likeness (QED) is 0.797. The van der Waals surface area contributed by atoms with Gasteiger partial charge in [-0.2, -0.15) is 0 Å². The fourth-order valence-corrected chi connectivity index (χ4v) is 4.19. The van der Waals surface area contributed by atoms with E-state index in [1.165, 1.54) is 31.5 Å². The van der Waals surface area contributed by atoms with Crippen molar-refractivity contribution in [1.82, 2.24) is 20.5 Å². The maximum Gasteiger partial charge on any atom is 0.315 e. The van der Waals surface area contributed by atoms with E-state index in [0.29, 0.717) is 18.5 Å². The lowest BCUT2D eigenvalue weighted by atomic mass is 9.84. The van der Waals surface area contributed by atoms with Crippen LogP contribution in [0.4, 0.5) is 4.79 Å². The van der Waals surface area contributed by atoms with E-state index in [2.05, 4.69) is 20.5 Å². The minimum atomic E-state index is -0.0494. The lowest BCUT2D eigenvalue weighted by molar-refractivity contribution is 0.0766. The van der Waals surface area contributed by atoms with E-state index in [9.17, 15) is 4.79 Å². The van der Waals surface area contributed by atoms with Crippen LogP contribution in [-0.2, 0) is 6.42 Å². The smallest absolute Gasteiger partial charge is 0.315 e. The molecule has 5 rings (SSSR count). The summed E-state index contributed by atoms with van der Waals surface area (Å²) in [6.07, 6.45) is 5.20. The van der Waals surface area contributed by atoms with Crippen LogP contribution in [0.25, 0.3) is 10.9 Å². The molecule has 1 atom stereocenters. The van der Waals surface area contributed by atoms with E-state index in [1.807, 2.05) is 24.4 Å².